The van der Waals surface area contributed by atoms with Crippen molar-refractivity contribution in [2.75, 3.05) is 6.54 Å². The molecule has 76 valence electrons. The second kappa shape index (κ2) is 3.38. The minimum absolute atomic E-state index is 0.0824. The molecule has 0 atom stereocenters. The maximum atomic E-state index is 11.4. The molecule has 1 aliphatic rings. The molecular weight excluding hydrogens is 184 g/mol. The van der Waals surface area contributed by atoms with Crippen LogP contribution < -0.4 is 11.1 Å². The van der Waals surface area contributed by atoms with Crippen molar-refractivity contribution in [2.24, 2.45) is 5.73 Å². The summed E-state index contributed by atoms with van der Waals surface area (Å²) in [5.74, 6) is 0.508. The highest BCUT2D eigenvalue weighted by molar-refractivity contribution is 5.88. The van der Waals surface area contributed by atoms with Gasteiger partial charge in [0.25, 0.3) is 0 Å². The molecule has 1 fully saturated rings. The maximum absolute atomic E-state index is 11.4. The molecule has 1 aromatic heterocycles. The third kappa shape index (κ3) is 1.90. The van der Waals surface area contributed by atoms with Gasteiger partial charge in [0.15, 0.2) is 5.82 Å². The van der Waals surface area contributed by atoms with E-state index in [4.69, 9.17) is 5.73 Å². The molecule has 1 amide bonds. The summed E-state index contributed by atoms with van der Waals surface area (Å²) in [6.45, 7) is 0.497. The lowest BCUT2D eigenvalue weighted by Gasteiger charge is -2.08. The Morgan fingerprint density at radius 2 is 2.50 bits per heavy atom. The van der Waals surface area contributed by atoms with Gasteiger partial charge in [0.2, 0.25) is 12.3 Å². The molecule has 0 radical (unpaired) electrons. The minimum atomic E-state index is -0.600. The second-order valence-electron chi connectivity index (χ2n) is 3.51. The third-order valence-corrected chi connectivity index (χ3v) is 2.28. The van der Waals surface area contributed by atoms with Gasteiger partial charge in [-0.1, -0.05) is 5.16 Å². The number of hydrogen-bond acceptors (Lipinski definition) is 5. The summed E-state index contributed by atoms with van der Waals surface area (Å²) in [5, 5.41) is 6.36. The van der Waals surface area contributed by atoms with Crippen molar-refractivity contribution >= 4 is 5.91 Å². The first-order valence-corrected chi connectivity index (χ1v) is 4.53. The molecule has 3 N–H and O–H groups in total. The smallest absolute Gasteiger partial charge is 0.240 e. The number of hydrogen-bond donors (Lipinski definition) is 2. The summed E-state index contributed by atoms with van der Waals surface area (Å²) in [7, 11) is 0. The van der Waals surface area contributed by atoms with E-state index in [2.05, 4.69) is 20.0 Å². The van der Waals surface area contributed by atoms with Crippen molar-refractivity contribution in [1.82, 2.24) is 15.5 Å². The van der Waals surface area contributed by atoms with Crippen LogP contribution in [0.2, 0.25) is 0 Å². The molecule has 0 bridgehead atoms. The van der Waals surface area contributed by atoms with Crippen molar-refractivity contribution in [2.45, 2.75) is 24.8 Å². The lowest BCUT2D eigenvalue weighted by atomic mass is 10.2. The van der Waals surface area contributed by atoms with E-state index in [1.165, 1.54) is 6.39 Å². The van der Waals surface area contributed by atoms with Crippen LogP contribution in [0.4, 0.5) is 0 Å². The van der Waals surface area contributed by atoms with Gasteiger partial charge in [-0.05, 0) is 12.8 Å². The molecule has 1 heterocycles. The van der Waals surface area contributed by atoms with Crippen LogP contribution in [0.15, 0.2) is 10.9 Å². The molecule has 0 aliphatic heterocycles. The molecule has 1 aliphatic carbocycles. The van der Waals surface area contributed by atoms with E-state index < -0.39 is 5.54 Å². The van der Waals surface area contributed by atoms with Gasteiger partial charge in [-0.3, -0.25) is 4.79 Å². The van der Waals surface area contributed by atoms with E-state index in [0.717, 1.165) is 12.8 Å². The van der Waals surface area contributed by atoms with Gasteiger partial charge in [-0.2, -0.15) is 4.98 Å². The van der Waals surface area contributed by atoms with Crippen LogP contribution in [0.3, 0.4) is 0 Å². The number of nitrogens with zero attached hydrogens (tertiary/aromatic N) is 2. The number of nitrogens with one attached hydrogen (secondary N) is 1. The van der Waals surface area contributed by atoms with Gasteiger partial charge < -0.3 is 15.6 Å². The van der Waals surface area contributed by atoms with Crippen molar-refractivity contribution in [3.05, 3.63) is 12.2 Å². The molecular formula is C8H12N4O2. The summed E-state index contributed by atoms with van der Waals surface area (Å²) in [5.41, 5.74) is 5.09. The highest BCUT2D eigenvalue weighted by Gasteiger charge is 2.45. The normalized spacial score (nSPS) is 17.8. The quantitative estimate of drug-likeness (QED) is 0.658. The van der Waals surface area contributed by atoms with E-state index in [1.807, 2.05) is 0 Å². The Hall–Kier alpha value is -1.43. The molecule has 14 heavy (non-hydrogen) atoms. The van der Waals surface area contributed by atoms with E-state index in [0.29, 0.717) is 18.8 Å². The fourth-order valence-corrected chi connectivity index (χ4v) is 1.13. The van der Waals surface area contributed by atoms with Gasteiger partial charge in [0.1, 0.15) is 0 Å². The number of rotatable bonds is 4. The monoisotopic (exact) mass is 196 g/mol. The Kier molecular flexibility index (Phi) is 2.20. The van der Waals surface area contributed by atoms with Gasteiger partial charge >= 0.3 is 0 Å². The predicted molar refractivity (Wildman–Crippen MR) is 47.2 cm³/mol. The van der Waals surface area contributed by atoms with Crippen LogP contribution in [0.1, 0.15) is 18.7 Å². The number of carbonyl (C=O) groups excluding carboxylic acids is 1. The minimum Gasteiger partial charge on any atom is -0.354 e. The predicted octanol–water partition coefficient (Wildman–Crippen LogP) is -0.780. The summed E-state index contributed by atoms with van der Waals surface area (Å²) in [6, 6.07) is 0. The lowest BCUT2D eigenvalue weighted by Crippen LogP contribution is -2.43. The Morgan fingerprint density at radius 1 is 1.71 bits per heavy atom. The number of amides is 1. The third-order valence-electron chi connectivity index (χ3n) is 2.28. The number of carbonyl (C=O) groups is 1. The van der Waals surface area contributed by atoms with Crippen LogP contribution >= 0.6 is 0 Å². The van der Waals surface area contributed by atoms with Gasteiger partial charge in [-0.15, -0.1) is 0 Å². The Bertz CT molecular complexity index is 318. The number of nitrogens with two attached hydrogens (primary N) is 1. The van der Waals surface area contributed by atoms with Crippen LogP contribution in [-0.4, -0.2) is 28.1 Å². The maximum Gasteiger partial charge on any atom is 0.240 e. The molecule has 0 unspecified atom stereocenters. The Morgan fingerprint density at radius 3 is 3.07 bits per heavy atom. The van der Waals surface area contributed by atoms with Gasteiger partial charge in [0.05, 0.1) is 5.54 Å². The molecule has 6 heteroatoms. The standard InChI is InChI=1S/C8H12N4O2/c9-8(2-3-8)7(13)10-4-1-6-11-5-14-12-6/h5H,1-4,9H2,(H,10,13). The average molecular weight is 196 g/mol. The first-order chi connectivity index (χ1) is 6.71. The van der Waals surface area contributed by atoms with Crippen molar-refractivity contribution < 1.29 is 9.32 Å². The van der Waals surface area contributed by atoms with Crippen LogP contribution in [-0.2, 0) is 11.2 Å². The van der Waals surface area contributed by atoms with E-state index >= 15 is 0 Å². The fourth-order valence-electron chi connectivity index (χ4n) is 1.13. The SMILES string of the molecule is NC1(C(=O)NCCc2ncon2)CC1. The molecule has 2 rings (SSSR count). The van der Waals surface area contributed by atoms with Crippen molar-refractivity contribution in [3.63, 3.8) is 0 Å². The van der Waals surface area contributed by atoms with Gasteiger partial charge in [-0.25, -0.2) is 0 Å². The average Bonchev–Trinajstić information content (AvgIpc) is 2.73. The molecule has 0 saturated heterocycles. The molecule has 1 saturated carbocycles. The van der Waals surface area contributed by atoms with Gasteiger partial charge in [0, 0.05) is 13.0 Å². The zero-order valence-corrected chi connectivity index (χ0v) is 7.69. The summed E-state index contributed by atoms with van der Waals surface area (Å²) < 4.78 is 4.55. The summed E-state index contributed by atoms with van der Waals surface area (Å²) in [4.78, 5) is 15.2. The number of aromatic nitrogens is 2. The first kappa shape index (κ1) is 9.14. The Labute approximate surface area is 80.9 Å². The largest absolute Gasteiger partial charge is 0.354 e. The molecule has 6 nitrogen and oxygen atoms in total. The van der Waals surface area contributed by atoms with Crippen LogP contribution in [0.5, 0.6) is 0 Å². The highest BCUT2D eigenvalue weighted by Crippen LogP contribution is 2.31. The van der Waals surface area contributed by atoms with Crippen LogP contribution in [0.25, 0.3) is 0 Å². The zero-order valence-electron chi connectivity index (χ0n) is 7.69. The topological polar surface area (TPSA) is 94.0 Å². The zero-order chi connectivity index (χ0) is 10.0. The highest BCUT2D eigenvalue weighted by atomic mass is 16.5. The molecule has 0 spiro atoms. The van der Waals surface area contributed by atoms with Crippen molar-refractivity contribution in [3.8, 4) is 0 Å². The second-order valence-corrected chi connectivity index (χ2v) is 3.51. The summed E-state index contributed by atoms with van der Waals surface area (Å²) >= 11 is 0. The van der Waals surface area contributed by atoms with E-state index in [9.17, 15) is 4.79 Å². The van der Waals surface area contributed by atoms with Crippen molar-refractivity contribution in [1.29, 1.82) is 0 Å². The van der Waals surface area contributed by atoms with E-state index in [1.54, 1.807) is 0 Å². The summed E-state index contributed by atoms with van der Waals surface area (Å²) in [6.07, 6.45) is 3.39. The Balaban J connectivity index is 1.71. The lowest BCUT2D eigenvalue weighted by molar-refractivity contribution is -0.123. The first-order valence-electron chi connectivity index (χ1n) is 4.53. The molecule has 1 aromatic rings. The fraction of sp³-hybridized carbons (Fsp3) is 0.625. The molecule has 0 aromatic carbocycles. The van der Waals surface area contributed by atoms with Crippen LogP contribution in [0, 0.1) is 0 Å². The van der Waals surface area contributed by atoms with E-state index in [-0.39, 0.29) is 5.91 Å².